The predicted octanol–water partition coefficient (Wildman–Crippen LogP) is 2.64. The minimum Gasteiger partial charge on any atom is -0.408 e. The lowest BCUT2D eigenvalue weighted by atomic mass is 10.0. The van der Waals surface area contributed by atoms with Crippen molar-refractivity contribution in [2.75, 3.05) is 0 Å². The first kappa shape index (κ1) is 13.2. The summed E-state index contributed by atoms with van der Waals surface area (Å²) in [4.78, 5) is 23.6. The summed E-state index contributed by atoms with van der Waals surface area (Å²) in [6.07, 6.45) is 0. The third-order valence-electron chi connectivity index (χ3n) is 3.25. The normalized spacial score (nSPS) is 11.0. The van der Waals surface area contributed by atoms with Gasteiger partial charge >= 0.3 is 5.76 Å². The Bertz CT molecular complexity index is 924. The summed E-state index contributed by atoms with van der Waals surface area (Å²) in [5.74, 6) is -3.53. The van der Waals surface area contributed by atoms with E-state index in [0.29, 0.717) is 5.52 Å². The average Bonchev–Trinajstić information content (AvgIpc) is 2.76. The van der Waals surface area contributed by atoms with Gasteiger partial charge in [-0.25, -0.2) is 13.6 Å². The molecule has 106 valence electrons. The SMILES string of the molecule is Cn1c(=O)oc2cc(C(=O)c3cccc(F)c3F)ccc21. The van der Waals surface area contributed by atoms with E-state index in [-0.39, 0.29) is 16.7 Å². The number of halogens is 2. The smallest absolute Gasteiger partial charge is 0.408 e. The summed E-state index contributed by atoms with van der Waals surface area (Å²) in [6, 6.07) is 7.68. The summed E-state index contributed by atoms with van der Waals surface area (Å²) in [5.41, 5.74) is 0.468. The Labute approximate surface area is 117 Å². The minimum absolute atomic E-state index is 0.112. The number of ketones is 1. The number of hydrogen-bond donors (Lipinski definition) is 0. The van der Waals surface area contributed by atoms with Gasteiger partial charge in [-0.2, -0.15) is 0 Å². The molecule has 3 aromatic rings. The van der Waals surface area contributed by atoms with Crippen LogP contribution >= 0.6 is 0 Å². The molecule has 21 heavy (non-hydrogen) atoms. The molecule has 1 heterocycles. The van der Waals surface area contributed by atoms with Gasteiger partial charge in [-0.05, 0) is 30.3 Å². The van der Waals surface area contributed by atoms with Crippen LogP contribution in [0.15, 0.2) is 45.6 Å². The van der Waals surface area contributed by atoms with E-state index >= 15 is 0 Å². The van der Waals surface area contributed by atoms with Gasteiger partial charge in [0.2, 0.25) is 0 Å². The molecule has 2 aromatic carbocycles. The first-order valence-electron chi connectivity index (χ1n) is 6.07. The van der Waals surface area contributed by atoms with Crippen LogP contribution in [0.4, 0.5) is 8.78 Å². The maximum atomic E-state index is 13.6. The molecule has 0 radical (unpaired) electrons. The zero-order chi connectivity index (χ0) is 15.1. The van der Waals surface area contributed by atoms with Crippen molar-refractivity contribution in [3.63, 3.8) is 0 Å². The fourth-order valence-electron chi connectivity index (χ4n) is 2.11. The van der Waals surface area contributed by atoms with E-state index in [2.05, 4.69) is 0 Å². The van der Waals surface area contributed by atoms with Crippen molar-refractivity contribution in [1.29, 1.82) is 0 Å². The second-order valence-electron chi connectivity index (χ2n) is 4.54. The Morgan fingerprint density at radius 2 is 1.95 bits per heavy atom. The van der Waals surface area contributed by atoms with Crippen molar-refractivity contribution in [1.82, 2.24) is 4.57 Å². The van der Waals surface area contributed by atoms with Crippen LogP contribution in [0.3, 0.4) is 0 Å². The van der Waals surface area contributed by atoms with Gasteiger partial charge in [0, 0.05) is 12.6 Å². The monoisotopic (exact) mass is 289 g/mol. The van der Waals surface area contributed by atoms with Crippen molar-refractivity contribution < 1.29 is 18.0 Å². The Hall–Kier alpha value is -2.76. The van der Waals surface area contributed by atoms with E-state index in [1.165, 1.54) is 41.9 Å². The van der Waals surface area contributed by atoms with E-state index in [1.54, 1.807) is 0 Å². The maximum absolute atomic E-state index is 13.6. The summed E-state index contributed by atoms with van der Waals surface area (Å²) >= 11 is 0. The van der Waals surface area contributed by atoms with Crippen LogP contribution in [0.1, 0.15) is 15.9 Å². The van der Waals surface area contributed by atoms with Crippen LogP contribution in [-0.2, 0) is 7.05 Å². The molecular formula is C15H9F2NO3. The van der Waals surface area contributed by atoms with Gasteiger partial charge in [-0.3, -0.25) is 9.36 Å². The molecule has 0 atom stereocenters. The van der Waals surface area contributed by atoms with Gasteiger partial charge in [-0.1, -0.05) is 6.07 Å². The number of aryl methyl sites for hydroxylation is 1. The van der Waals surface area contributed by atoms with Crippen molar-refractivity contribution in [2.24, 2.45) is 7.05 Å². The molecule has 3 rings (SSSR count). The predicted molar refractivity (Wildman–Crippen MR) is 71.2 cm³/mol. The largest absolute Gasteiger partial charge is 0.419 e. The first-order valence-corrected chi connectivity index (χ1v) is 6.07. The van der Waals surface area contributed by atoms with E-state index in [4.69, 9.17) is 4.42 Å². The van der Waals surface area contributed by atoms with Crippen LogP contribution in [-0.4, -0.2) is 10.4 Å². The number of carbonyl (C=O) groups excluding carboxylic acids is 1. The summed E-state index contributed by atoms with van der Waals surface area (Å²) in [5, 5.41) is 0. The molecule has 0 unspecified atom stereocenters. The van der Waals surface area contributed by atoms with Gasteiger partial charge < -0.3 is 4.42 Å². The molecule has 4 nitrogen and oxygen atoms in total. The van der Waals surface area contributed by atoms with Gasteiger partial charge in [0.25, 0.3) is 0 Å². The molecule has 0 aliphatic rings. The quantitative estimate of drug-likeness (QED) is 0.681. The summed E-state index contributed by atoms with van der Waals surface area (Å²) in [7, 11) is 1.53. The molecule has 0 saturated carbocycles. The fraction of sp³-hybridized carbons (Fsp3) is 0.0667. The van der Waals surface area contributed by atoms with E-state index in [0.717, 1.165) is 6.07 Å². The Morgan fingerprint density at radius 1 is 1.19 bits per heavy atom. The highest BCUT2D eigenvalue weighted by Gasteiger charge is 2.18. The molecule has 6 heteroatoms. The second kappa shape index (κ2) is 4.66. The lowest BCUT2D eigenvalue weighted by Crippen LogP contribution is -2.08. The third-order valence-corrected chi connectivity index (χ3v) is 3.25. The second-order valence-corrected chi connectivity index (χ2v) is 4.54. The van der Waals surface area contributed by atoms with Crippen LogP contribution in [0.2, 0.25) is 0 Å². The highest BCUT2D eigenvalue weighted by molar-refractivity contribution is 6.10. The fourth-order valence-corrected chi connectivity index (χ4v) is 2.11. The topological polar surface area (TPSA) is 52.2 Å². The Morgan fingerprint density at radius 3 is 2.71 bits per heavy atom. The number of aromatic nitrogens is 1. The van der Waals surface area contributed by atoms with Crippen LogP contribution in [0, 0.1) is 11.6 Å². The lowest BCUT2D eigenvalue weighted by molar-refractivity contribution is 0.103. The van der Waals surface area contributed by atoms with Gasteiger partial charge in [0.15, 0.2) is 23.0 Å². The zero-order valence-corrected chi connectivity index (χ0v) is 10.9. The van der Waals surface area contributed by atoms with E-state index < -0.39 is 23.2 Å². The van der Waals surface area contributed by atoms with Crippen molar-refractivity contribution >= 4 is 16.9 Å². The summed E-state index contributed by atoms with van der Waals surface area (Å²) in [6.45, 7) is 0. The summed E-state index contributed by atoms with van der Waals surface area (Å²) < 4.78 is 33.1. The number of hydrogen-bond acceptors (Lipinski definition) is 3. The minimum atomic E-state index is -1.20. The van der Waals surface area contributed by atoms with Crippen molar-refractivity contribution in [3.8, 4) is 0 Å². The number of rotatable bonds is 2. The maximum Gasteiger partial charge on any atom is 0.419 e. The van der Waals surface area contributed by atoms with Gasteiger partial charge in [-0.15, -0.1) is 0 Å². The van der Waals surface area contributed by atoms with Crippen molar-refractivity contribution in [2.45, 2.75) is 0 Å². The molecule has 0 N–H and O–H groups in total. The lowest BCUT2D eigenvalue weighted by Gasteiger charge is -2.03. The molecular weight excluding hydrogens is 280 g/mol. The highest BCUT2D eigenvalue weighted by Crippen LogP contribution is 2.19. The molecule has 0 amide bonds. The number of oxazole rings is 1. The molecule has 0 bridgehead atoms. The number of carbonyl (C=O) groups is 1. The molecule has 1 aromatic heterocycles. The number of nitrogens with zero attached hydrogens (tertiary/aromatic N) is 1. The number of fused-ring (bicyclic) bond motifs is 1. The molecule has 0 saturated heterocycles. The van der Waals surface area contributed by atoms with Crippen LogP contribution in [0.5, 0.6) is 0 Å². The van der Waals surface area contributed by atoms with E-state index in [1.807, 2.05) is 0 Å². The Balaban J connectivity index is 2.14. The van der Waals surface area contributed by atoms with E-state index in [9.17, 15) is 18.4 Å². The molecule has 0 fully saturated rings. The van der Waals surface area contributed by atoms with Gasteiger partial charge in [0.1, 0.15) is 0 Å². The van der Waals surface area contributed by atoms with Crippen LogP contribution < -0.4 is 5.76 Å². The zero-order valence-electron chi connectivity index (χ0n) is 10.9. The molecule has 0 aliphatic carbocycles. The van der Waals surface area contributed by atoms with Crippen LogP contribution in [0.25, 0.3) is 11.1 Å². The standard InChI is InChI=1S/C15H9F2NO3/c1-18-11-6-5-8(7-12(11)21-15(18)20)14(19)9-3-2-4-10(16)13(9)17/h2-7H,1H3. The number of benzene rings is 2. The van der Waals surface area contributed by atoms with Gasteiger partial charge in [0.05, 0.1) is 11.1 Å². The van der Waals surface area contributed by atoms with Crippen molar-refractivity contribution in [3.05, 3.63) is 69.7 Å². The molecule has 0 spiro atoms. The third kappa shape index (κ3) is 2.05. The highest BCUT2D eigenvalue weighted by atomic mass is 19.2. The molecule has 0 aliphatic heterocycles. The Kier molecular flexibility index (Phi) is 2.94. The first-order chi connectivity index (χ1) is 9.99. The average molecular weight is 289 g/mol.